The summed E-state index contributed by atoms with van der Waals surface area (Å²) >= 11 is 3.15. The van der Waals surface area contributed by atoms with Crippen LogP contribution < -0.4 is 5.73 Å². The van der Waals surface area contributed by atoms with Crippen LogP contribution in [0.1, 0.15) is 32.3 Å². The number of nitrogens with zero attached hydrogens (tertiary/aromatic N) is 1. The van der Waals surface area contributed by atoms with Crippen molar-refractivity contribution in [3.63, 3.8) is 0 Å². The number of aromatic nitrogens is 1. The first-order valence-corrected chi connectivity index (χ1v) is 6.53. The Bertz CT molecular complexity index is 284. The Hall–Kier alpha value is -0.650. The van der Waals surface area contributed by atoms with Crippen LogP contribution in [0.25, 0.3) is 0 Å². The van der Waals surface area contributed by atoms with Crippen molar-refractivity contribution in [2.45, 2.75) is 33.3 Å². The number of aliphatic hydroxyl groups excluding tert-OH is 1. The summed E-state index contributed by atoms with van der Waals surface area (Å²) in [4.78, 5) is 3.87. The molecule has 0 radical (unpaired) electrons. The van der Waals surface area contributed by atoms with E-state index in [0.717, 1.165) is 18.8 Å². The number of nitrogen functional groups attached to an aromatic ring is 1. The number of rotatable bonds is 5. The van der Waals surface area contributed by atoms with Crippen molar-refractivity contribution < 1.29 is 9.84 Å². The normalized spacial score (nSPS) is 9.65. The third-order valence-corrected chi connectivity index (χ3v) is 2.31. The third kappa shape index (κ3) is 9.09. The minimum absolute atomic E-state index is 0.00861. The SMILES string of the molecule is CCCCOCC.Nc1cc(CO)cc(Br)n1. The fourth-order valence-electron chi connectivity index (χ4n) is 1.05. The van der Waals surface area contributed by atoms with Crippen LogP contribution in [0.2, 0.25) is 0 Å². The number of halogens is 1. The van der Waals surface area contributed by atoms with Gasteiger partial charge in [-0.3, -0.25) is 0 Å². The zero-order valence-corrected chi connectivity index (χ0v) is 12.0. The number of anilines is 1. The standard InChI is InChI=1S/C6H7BrN2O.C6H14O/c7-5-1-4(3-10)2-6(8)9-5;1-3-5-6-7-4-2/h1-2,10H,3H2,(H2,8,9);3-6H2,1-2H3. The molecule has 1 heterocycles. The van der Waals surface area contributed by atoms with E-state index in [1.165, 1.54) is 12.8 Å². The Morgan fingerprint density at radius 3 is 2.59 bits per heavy atom. The minimum Gasteiger partial charge on any atom is -0.392 e. The molecule has 4 nitrogen and oxygen atoms in total. The van der Waals surface area contributed by atoms with Crippen LogP contribution in [0.3, 0.4) is 0 Å². The highest BCUT2D eigenvalue weighted by atomic mass is 79.9. The summed E-state index contributed by atoms with van der Waals surface area (Å²) in [5, 5.41) is 8.68. The van der Waals surface area contributed by atoms with E-state index in [2.05, 4.69) is 27.8 Å². The number of ether oxygens (including phenoxy) is 1. The fourth-order valence-corrected chi connectivity index (χ4v) is 1.55. The molecule has 1 aromatic rings. The topological polar surface area (TPSA) is 68.4 Å². The summed E-state index contributed by atoms with van der Waals surface area (Å²) in [6, 6.07) is 3.35. The van der Waals surface area contributed by atoms with Gasteiger partial charge < -0.3 is 15.6 Å². The van der Waals surface area contributed by atoms with E-state index < -0.39 is 0 Å². The Balaban J connectivity index is 0.000000325. The number of hydrogen-bond donors (Lipinski definition) is 2. The Kier molecular flexibility index (Phi) is 10.1. The molecule has 0 saturated carbocycles. The Morgan fingerprint density at radius 2 is 2.12 bits per heavy atom. The largest absolute Gasteiger partial charge is 0.392 e. The van der Waals surface area contributed by atoms with Gasteiger partial charge in [0.1, 0.15) is 10.4 Å². The van der Waals surface area contributed by atoms with Gasteiger partial charge in [-0.1, -0.05) is 13.3 Å². The maximum Gasteiger partial charge on any atom is 0.125 e. The van der Waals surface area contributed by atoms with Crippen LogP contribution in [0.15, 0.2) is 16.7 Å². The van der Waals surface area contributed by atoms with Crippen molar-refractivity contribution in [1.29, 1.82) is 0 Å². The van der Waals surface area contributed by atoms with E-state index in [0.29, 0.717) is 10.4 Å². The zero-order valence-electron chi connectivity index (χ0n) is 10.4. The second-order valence-electron chi connectivity index (χ2n) is 3.43. The van der Waals surface area contributed by atoms with Gasteiger partial charge in [0, 0.05) is 13.2 Å². The molecule has 1 aromatic heterocycles. The molecule has 0 unspecified atom stereocenters. The fraction of sp³-hybridized carbons (Fsp3) is 0.583. The Labute approximate surface area is 111 Å². The lowest BCUT2D eigenvalue weighted by Gasteiger charge is -1.97. The van der Waals surface area contributed by atoms with E-state index in [4.69, 9.17) is 15.6 Å². The predicted octanol–water partition coefficient (Wildman–Crippen LogP) is 2.74. The van der Waals surface area contributed by atoms with Crippen molar-refractivity contribution in [1.82, 2.24) is 4.98 Å². The van der Waals surface area contributed by atoms with Crippen LogP contribution in [0.4, 0.5) is 5.82 Å². The highest BCUT2D eigenvalue weighted by Crippen LogP contribution is 2.12. The summed E-state index contributed by atoms with van der Waals surface area (Å²) < 4.78 is 5.72. The first-order valence-electron chi connectivity index (χ1n) is 5.74. The van der Waals surface area contributed by atoms with Gasteiger partial charge in [0.05, 0.1) is 6.61 Å². The van der Waals surface area contributed by atoms with Gasteiger partial charge >= 0.3 is 0 Å². The minimum atomic E-state index is -0.00861. The maximum atomic E-state index is 8.68. The lowest BCUT2D eigenvalue weighted by atomic mass is 10.3. The van der Waals surface area contributed by atoms with Crippen LogP contribution in [0.5, 0.6) is 0 Å². The van der Waals surface area contributed by atoms with Crippen molar-refractivity contribution >= 4 is 21.7 Å². The zero-order chi connectivity index (χ0) is 13.1. The van der Waals surface area contributed by atoms with Crippen LogP contribution in [-0.4, -0.2) is 23.3 Å². The molecule has 3 N–H and O–H groups in total. The molecule has 0 aliphatic heterocycles. The predicted molar refractivity (Wildman–Crippen MR) is 73.7 cm³/mol. The smallest absolute Gasteiger partial charge is 0.125 e. The molecule has 0 aromatic carbocycles. The van der Waals surface area contributed by atoms with Gasteiger partial charge in [-0.25, -0.2) is 4.98 Å². The highest BCUT2D eigenvalue weighted by Gasteiger charge is 1.95. The molecule has 0 bridgehead atoms. The van der Waals surface area contributed by atoms with Gasteiger partial charge in [0.15, 0.2) is 0 Å². The molecule has 0 aliphatic carbocycles. The van der Waals surface area contributed by atoms with Gasteiger partial charge in [-0.15, -0.1) is 0 Å². The van der Waals surface area contributed by atoms with E-state index in [1.807, 2.05) is 6.92 Å². The van der Waals surface area contributed by atoms with Crippen molar-refractivity contribution in [2.75, 3.05) is 18.9 Å². The monoisotopic (exact) mass is 304 g/mol. The quantitative estimate of drug-likeness (QED) is 0.648. The molecule has 0 saturated heterocycles. The number of unbranched alkanes of at least 4 members (excludes halogenated alkanes) is 1. The molecule has 0 amide bonds. The summed E-state index contributed by atoms with van der Waals surface area (Å²) in [7, 11) is 0. The molecule has 0 aliphatic rings. The molecule has 98 valence electrons. The van der Waals surface area contributed by atoms with E-state index in [-0.39, 0.29) is 6.61 Å². The van der Waals surface area contributed by atoms with Crippen molar-refractivity contribution in [3.05, 3.63) is 22.3 Å². The molecular weight excluding hydrogens is 284 g/mol. The first kappa shape index (κ1) is 16.4. The molecule has 17 heavy (non-hydrogen) atoms. The Morgan fingerprint density at radius 1 is 1.41 bits per heavy atom. The molecule has 0 spiro atoms. The van der Waals surface area contributed by atoms with E-state index in [1.54, 1.807) is 12.1 Å². The highest BCUT2D eigenvalue weighted by molar-refractivity contribution is 9.10. The second-order valence-corrected chi connectivity index (χ2v) is 4.24. The van der Waals surface area contributed by atoms with E-state index >= 15 is 0 Å². The number of hydrogen-bond acceptors (Lipinski definition) is 4. The number of pyridine rings is 1. The molecular formula is C12H21BrN2O2. The van der Waals surface area contributed by atoms with E-state index in [9.17, 15) is 0 Å². The van der Waals surface area contributed by atoms with Crippen LogP contribution in [0, 0.1) is 0 Å². The number of aliphatic hydroxyl groups is 1. The van der Waals surface area contributed by atoms with Gasteiger partial charge in [-0.05, 0) is 47.0 Å². The van der Waals surface area contributed by atoms with Crippen molar-refractivity contribution in [3.8, 4) is 0 Å². The number of nitrogens with two attached hydrogens (primary N) is 1. The third-order valence-electron chi connectivity index (χ3n) is 1.90. The lowest BCUT2D eigenvalue weighted by Crippen LogP contribution is -1.93. The maximum absolute atomic E-state index is 8.68. The molecule has 0 atom stereocenters. The summed E-state index contributed by atoms with van der Waals surface area (Å²) in [5.41, 5.74) is 6.15. The summed E-state index contributed by atoms with van der Waals surface area (Å²) in [6.45, 7) is 5.98. The molecule has 0 fully saturated rings. The summed E-state index contributed by atoms with van der Waals surface area (Å²) in [5.74, 6) is 0.415. The molecule has 5 heteroatoms. The van der Waals surface area contributed by atoms with Crippen molar-refractivity contribution in [2.24, 2.45) is 0 Å². The van der Waals surface area contributed by atoms with Gasteiger partial charge in [0.25, 0.3) is 0 Å². The van der Waals surface area contributed by atoms with Crippen LogP contribution in [-0.2, 0) is 11.3 Å². The van der Waals surface area contributed by atoms with Crippen LogP contribution >= 0.6 is 15.9 Å². The average Bonchev–Trinajstić information content (AvgIpc) is 2.29. The van der Waals surface area contributed by atoms with Gasteiger partial charge in [0.2, 0.25) is 0 Å². The van der Waals surface area contributed by atoms with Gasteiger partial charge in [-0.2, -0.15) is 0 Å². The lowest BCUT2D eigenvalue weighted by molar-refractivity contribution is 0.144. The first-order chi connectivity index (χ1) is 8.13. The molecule has 1 rings (SSSR count). The summed E-state index contributed by atoms with van der Waals surface area (Å²) in [6.07, 6.45) is 2.44. The average molecular weight is 305 g/mol. The second kappa shape index (κ2) is 10.5.